The predicted molar refractivity (Wildman–Crippen MR) is 204 cm³/mol. The van der Waals surface area contributed by atoms with Crippen LogP contribution >= 0.6 is 0 Å². The van der Waals surface area contributed by atoms with Gasteiger partial charge in [-0.2, -0.15) is 0 Å². The molecule has 0 aliphatic heterocycles. The molecule has 0 rings (SSSR count). The van der Waals surface area contributed by atoms with Crippen LogP contribution in [0.2, 0.25) is 17.7 Å². The van der Waals surface area contributed by atoms with E-state index in [4.69, 9.17) is 10.2 Å². The molecule has 5 heteroatoms. The Morgan fingerprint density at radius 2 is 0.533 bits per heavy atom. The van der Waals surface area contributed by atoms with E-state index >= 15 is 0 Å². The zero-order chi connectivity index (χ0) is 34.3. The molecule has 0 atom stereocenters. The number of carbonyl (C=O) groups is 2. The summed E-state index contributed by atoms with van der Waals surface area (Å²) in [4.78, 5) is 20.4. The summed E-state index contributed by atoms with van der Waals surface area (Å²) in [6.07, 6.45) is 34.8. The van der Waals surface area contributed by atoms with E-state index in [2.05, 4.69) is 41.5 Å². The zero-order valence-electron chi connectivity index (χ0n) is 31.8. The molecule has 0 saturated heterocycles. The Labute approximate surface area is 288 Å². The van der Waals surface area contributed by atoms with Gasteiger partial charge in [-0.05, 0) is 12.8 Å². The van der Waals surface area contributed by atoms with Crippen LogP contribution in [0.25, 0.3) is 0 Å². The first-order chi connectivity index (χ1) is 21.8. The van der Waals surface area contributed by atoms with Gasteiger partial charge in [0.05, 0.1) is 0 Å². The molecule has 0 aromatic heterocycles. The van der Waals surface area contributed by atoms with E-state index < -0.39 is 30.3 Å². The van der Waals surface area contributed by atoms with Gasteiger partial charge in [-0.15, -0.1) is 0 Å². The van der Waals surface area contributed by atoms with Gasteiger partial charge in [-0.1, -0.05) is 117 Å². The molecule has 0 radical (unpaired) electrons. The average Bonchev–Trinajstić information content (AvgIpc) is 3.03. The summed E-state index contributed by atoms with van der Waals surface area (Å²) in [5.41, 5.74) is 0. The number of carboxylic acid groups (broad SMARTS) is 2. The van der Waals surface area contributed by atoms with Crippen molar-refractivity contribution < 1.29 is 19.8 Å². The summed E-state index contributed by atoms with van der Waals surface area (Å²) in [6, 6.07) is 0. The van der Waals surface area contributed by atoms with Gasteiger partial charge in [0.15, 0.2) is 0 Å². The summed E-state index contributed by atoms with van der Waals surface area (Å²) in [7, 11) is 0. The van der Waals surface area contributed by atoms with E-state index in [1.807, 2.05) is 0 Å². The van der Waals surface area contributed by atoms with Gasteiger partial charge in [0.1, 0.15) is 0 Å². The van der Waals surface area contributed by atoms with Crippen LogP contribution in [-0.2, 0) is 9.59 Å². The van der Waals surface area contributed by atoms with E-state index in [1.165, 1.54) is 141 Å². The van der Waals surface area contributed by atoms with Gasteiger partial charge < -0.3 is 10.2 Å². The molecule has 0 spiro atoms. The fourth-order valence-electron chi connectivity index (χ4n) is 6.13. The molecule has 4 nitrogen and oxygen atoms in total. The third-order valence-corrected chi connectivity index (χ3v) is 25.4. The molecule has 0 aliphatic carbocycles. The summed E-state index contributed by atoms with van der Waals surface area (Å²) in [5, 5.41) is 16.8. The first-order valence-electron chi connectivity index (χ1n) is 20.2. The van der Waals surface area contributed by atoms with E-state index in [-0.39, 0.29) is 0 Å². The topological polar surface area (TPSA) is 74.6 Å². The normalized spacial score (nSPS) is 11.0. The Morgan fingerprint density at radius 1 is 0.333 bits per heavy atom. The second-order valence-corrected chi connectivity index (χ2v) is 28.1. The fraction of sp³-hybridized carbons (Fsp3) is 0.950. The molecule has 0 saturated carbocycles. The Morgan fingerprint density at radius 3 is 0.733 bits per heavy atom. The van der Waals surface area contributed by atoms with Crippen LogP contribution < -0.4 is 0 Å². The standard InChI is InChI=1S/2C12H24O2.4C4H9.Sn/c2*1-2-3-4-5-6-7-8-9-10-11-12(13)14;4*1-3-4-2;/h2*2-11H2,1H3,(H,13,14);4*1,3-4H2,2H3;. The molecule has 272 valence electrons. The van der Waals surface area contributed by atoms with Crippen LogP contribution in [0, 0.1) is 0 Å². The number of aliphatic carboxylic acids is 2. The second kappa shape index (κ2) is 41.8. The van der Waals surface area contributed by atoms with Crippen molar-refractivity contribution in [2.45, 2.75) is 239 Å². The van der Waals surface area contributed by atoms with Crippen molar-refractivity contribution in [3.8, 4) is 0 Å². The molecule has 0 aromatic carbocycles. The quantitative estimate of drug-likeness (QED) is 0.0531. The van der Waals surface area contributed by atoms with E-state index in [0.717, 1.165) is 25.7 Å². The summed E-state index contributed by atoms with van der Waals surface area (Å²) in [6.45, 7) is 13.9. The van der Waals surface area contributed by atoms with Crippen molar-refractivity contribution in [2.24, 2.45) is 0 Å². The maximum atomic E-state index is 10.2. The number of hydrogen-bond donors (Lipinski definition) is 2. The third-order valence-electron chi connectivity index (χ3n) is 9.23. The molecule has 0 bridgehead atoms. The van der Waals surface area contributed by atoms with Crippen molar-refractivity contribution in [3.63, 3.8) is 0 Å². The van der Waals surface area contributed by atoms with Crippen molar-refractivity contribution in [1.82, 2.24) is 0 Å². The average molecular weight is 748 g/mol. The summed E-state index contributed by atoms with van der Waals surface area (Å²) < 4.78 is 6.80. The van der Waals surface area contributed by atoms with Crippen LogP contribution in [0.4, 0.5) is 0 Å². The molecular formula is C40H84O4Sn. The molecule has 0 unspecified atom stereocenters. The van der Waals surface area contributed by atoms with Gasteiger partial charge in [0.2, 0.25) is 0 Å². The minimum absolute atomic E-state index is 0.343. The molecule has 0 aliphatic rings. The SMILES string of the molecule is CCCCCCCCCCCC(=O)O.CCCCCCCCCCCC(=O)O.CCC[CH2][Sn]([CH2]CCC)([CH2]CCC)[CH2]CCC. The Hall–Kier alpha value is -0.261. The fourth-order valence-corrected chi connectivity index (χ4v) is 23.0. The minimum atomic E-state index is -1.69. The number of rotatable bonds is 32. The summed E-state index contributed by atoms with van der Waals surface area (Å²) >= 11 is -1.69. The Balaban J connectivity index is -0.000000592. The maximum absolute atomic E-state index is 10.2. The van der Waals surface area contributed by atoms with Gasteiger partial charge in [-0.3, -0.25) is 9.59 Å². The van der Waals surface area contributed by atoms with Crippen LogP contribution in [0.3, 0.4) is 0 Å². The van der Waals surface area contributed by atoms with Gasteiger partial charge in [0.25, 0.3) is 0 Å². The summed E-state index contributed by atoms with van der Waals surface area (Å²) in [5.74, 6) is -1.32. The Kier molecular flexibility index (Phi) is 45.6. The van der Waals surface area contributed by atoms with E-state index in [1.54, 1.807) is 17.7 Å². The first kappa shape index (κ1) is 49.1. The van der Waals surface area contributed by atoms with Crippen LogP contribution in [0.5, 0.6) is 0 Å². The number of carboxylic acids is 2. The van der Waals surface area contributed by atoms with Gasteiger partial charge in [-0.25, -0.2) is 0 Å². The molecule has 45 heavy (non-hydrogen) atoms. The van der Waals surface area contributed by atoms with E-state index in [9.17, 15) is 9.59 Å². The van der Waals surface area contributed by atoms with Crippen molar-refractivity contribution in [3.05, 3.63) is 0 Å². The molecule has 2 N–H and O–H groups in total. The Bertz CT molecular complexity index is 511. The molecule has 0 heterocycles. The van der Waals surface area contributed by atoms with Gasteiger partial charge >= 0.3 is 127 Å². The van der Waals surface area contributed by atoms with Crippen molar-refractivity contribution in [1.29, 1.82) is 0 Å². The van der Waals surface area contributed by atoms with Gasteiger partial charge in [0, 0.05) is 12.8 Å². The van der Waals surface area contributed by atoms with Crippen molar-refractivity contribution in [2.75, 3.05) is 0 Å². The second-order valence-electron chi connectivity index (χ2n) is 13.9. The monoisotopic (exact) mass is 749 g/mol. The van der Waals surface area contributed by atoms with E-state index in [0.29, 0.717) is 12.8 Å². The van der Waals surface area contributed by atoms with Crippen LogP contribution in [-0.4, -0.2) is 40.5 Å². The number of unbranched alkanes of at least 4 members (excludes halogenated alkanes) is 20. The third kappa shape index (κ3) is 43.7. The molecule has 0 fully saturated rings. The molecule has 0 aromatic rings. The van der Waals surface area contributed by atoms with Crippen LogP contribution in [0.1, 0.15) is 221 Å². The predicted octanol–water partition coefficient (Wildman–Crippen LogP) is 14.6. The molecular weight excluding hydrogens is 663 g/mol. The first-order valence-corrected chi connectivity index (χ1v) is 28.3. The van der Waals surface area contributed by atoms with Crippen molar-refractivity contribution >= 4 is 30.3 Å². The van der Waals surface area contributed by atoms with Crippen LogP contribution in [0.15, 0.2) is 0 Å². The zero-order valence-corrected chi connectivity index (χ0v) is 34.7. The number of hydrogen-bond acceptors (Lipinski definition) is 2. The molecule has 0 amide bonds.